The van der Waals surface area contributed by atoms with Gasteiger partial charge < -0.3 is 10.0 Å². The Labute approximate surface area is 228 Å². The summed E-state index contributed by atoms with van der Waals surface area (Å²) in [7, 11) is -1.61. The molecule has 0 bridgehead atoms. The average molecular weight is 570 g/mol. The number of likely N-dealkylation sites (N-methyl/N-ethyl adjacent to an activating group) is 1. The highest BCUT2D eigenvalue weighted by Gasteiger charge is 2.54. The van der Waals surface area contributed by atoms with Crippen molar-refractivity contribution in [2.24, 2.45) is 11.3 Å². The molecule has 4 atom stereocenters. The van der Waals surface area contributed by atoms with Gasteiger partial charge in [-0.1, -0.05) is 54.4 Å². The van der Waals surface area contributed by atoms with E-state index in [0.717, 1.165) is 24.0 Å². The number of halogens is 2. The summed E-state index contributed by atoms with van der Waals surface area (Å²) in [5.74, 6) is -1.48. The second-order valence-corrected chi connectivity index (χ2v) is 11.7. The molecule has 200 valence electrons. The summed E-state index contributed by atoms with van der Waals surface area (Å²) >= 11 is 12.6. The van der Waals surface area contributed by atoms with Crippen LogP contribution in [0.3, 0.4) is 0 Å². The third kappa shape index (κ3) is 6.46. The minimum absolute atomic E-state index is 0.126. The molecule has 11 heteroatoms. The predicted octanol–water partition coefficient (Wildman–Crippen LogP) is 4.70. The van der Waals surface area contributed by atoms with E-state index < -0.39 is 34.5 Å². The smallest absolute Gasteiger partial charge is 0.304 e. The first-order chi connectivity index (χ1) is 17.5. The lowest BCUT2D eigenvalue weighted by atomic mass is 9.67. The first kappa shape index (κ1) is 27.9. The number of hydrogen-bond acceptors (Lipinski definition) is 6. The molecule has 4 rings (SSSR count). The molecule has 4 unspecified atom stereocenters. The second-order valence-electron chi connectivity index (χ2n) is 10.2. The highest BCUT2D eigenvalue weighted by atomic mass is 35.5. The summed E-state index contributed by atoms with van der Waals surface area (Å²) in [4.78, 5) is 28.0. The predicted molar refractivity (Wildman–Crippen MR) is 141 cm³/mol. The van der Waals surface area contributed by atoms with E-state index in [1.165, 1.54) is 12.1 Å². The van der Waals surface area contributed by atoms with Crippen LogP contribution in [0.15, 0.2) is 48.5 Å². The molecule has 2 aromatic rings. The largest absolute Gasteiger partial charge is 0.481 e. The standard InChI is InChI=1S/C26H30Cl2N2O6S/c1-26(14-23(31)32)13-21(18-4-3-5-20(28)12-18)24(17-8-10-19(27)11-9-17)30(25(26)33)22(16-6-7-16)15-29(2)36-37(34)35/h3-5,8-12,16,21-22,24,37H,6-7,13-15H2,1-2H3,(H,31,32). The van der Waals surface area contributed by atoms with Crippen LogP contribution >= 0.6 is 23.2 Å². The zero-order valence-electron chi connectivity index (χ0n) is 20.5. The Morgan fingerprint density at radius 3 is 2.41 bits per heavy atom. The number of piperidine rings is 1. The third-order valence-corrected chi connectivity index (χ3v) is 8.20. The maximum Gasteiger partial charge on any atom is 0.304 e. The van der Waals surface area contributed by atoms with Gasteiger partial charge in [-0.05, 0) is 60.6 Å². The van der Waals surface area contributed by atoms with Gasteiger partial charge in [0, 0.05) is 29.6 Å². The van der Waals surface area contributed by atoms with Crippen molar-refractivity contribution in [2.45, 2.75) is 50.6 Å². The Morgan fingerprint density at radius 2 is 1.84 bits per heavy atom. The number of aliphatic carboxylic acids is 1. The summed E-state index contributed by atoms with van der Waals surface area (Å²) in [6.07, 6.45) is 1.72. The number of rotatable bonds is 10. The summed E-state index contributed by atoms with van der Waals surface area (Å²) in [6, 6.07) is 13.9. The lowest BCUT2D eigenvalue weighted by Crippen LogP contribution is -2.58. The number of hydrogen-bond donors (Lipinski definition) is 2. The van der Waals surface area contributed by atoms with Crippen molar-refractivity contribution in [1.29, 1.82) is 0 Å². The summed E-state index contributed by atoms with van der Waals surface area (Å²) in [6.45, 7) is 1.85. The van der Waals surface area contributed by atoms with Gasteiger partial charge in [-0.15, -0.1) is 0 Å². The van der Waals surface area contributed by atoms with E-state index in [4.69, 9.17) is 27.5 Å². The van der Waals surface area contributed by atoms with E-state index in [1.807, 2.05) is 30.3 Å². The third-order valence-electron chi connectivity index (χ3n) is 7.31. The number of carbonyl (C=O) groups is 2. The molecule has 0 spiro atoms. The van der Waals surface area contributed by atoms with E-state index in [-0.39, 0.29) is 30.7 Å². The molecular weight excluding hydrogens is 539 g/mol. The first-order valence-corrected chi connectivity index (χ1v) is 13.9. The fraction of sp³-hybridized carbons (Fsp3) is 0.462. The molecule has 1 aliphatic carbocycles. The molecule has 2 fully saturated rings. The van der Waals surface area contributed by atoms with Gasteiger partial charge in [0.1, 0.15) is 0 Å². The van der Waals surface area contributed by atoms with Gasteiger partial charge in [0.25, 0.3) is 11.0 Å². The number of thiol groups is 1. The van der Waals surface area contributed by atoms with E-state index in [1.54, 1.807) is 30.0 Å². The molecule has 1 N–H and O–H groups in total. The second kappa shape index (κ2) is 11.3. The van der Waals surface area contributed by atoms with Gasteiger partial charge in [0.2, 0.25) is 5.91 Å². The van der Waals surface area contributed by atoms with E-state index in [0.29, 0.717) is 16.5 Å². The molecule has 1 saturated carbocycles. The first-order valence-electron chi connectivity index (χ1n) is 12.1. The summed E-state index contributed by atoms with van der Waals surface area (Å²) < 4.78 is 27.4. The number of benzene rings is 2. The molecule has 37 heavy (non-hydrogen) atoms. The van der Waals surface area contributed by atoms with Crippen LogP contribution in [0.1, 0.15) is 55.7 Å². The van der Waals surface area contributed by atoms with Crippen LogP contribution in [0.25, 0.3) is 0 Å². The SMILES string of the molecule is CN(CC(C1CC1)N1C(=O)C(C)(CC(=O)O)CC(c2cccc(Cl)c2)C1c1ccc(Cl)cc1)O[SH](=O)=O. The molecule has 1 amide bonds. The summed E-state index contributed by atoms with van der Waals surface area (Å²) in [5.41, 5.74) is 0.561. The van der Waals surface area contributed by atoms with Crippen LogP contribution in [0.5, 0.6) is 0 Å². The van der Waals surface area contributed by atoms with E-state index in [9.17, 15) is 23.1 Å². The molecule has 8 nitrogen and oxygen atoms in total. The Hall–Kier alpha value is -2.17. The number of carboxylic acids is 1. The van der Waals surface area contributed by atoms with Crippen LogP contribution in [0.4, 0.5) is 0 Å². The van der Waals surface area contributed by atoms with Crippen molar-refractivity contribution >= 4 is 46.1 Å². The lowest BCUT2D eigenvalue weighted by molar-refractivity contribution is -0.163. The number of carbonyl (C=O) groups excluding carboxylic acids is 1. The molecule has 1 saturated heterocycles. The number of nitrogens with zero attached hydrogens (tertiary/aromatic N) is 2. The number of amides is 1. The van der Waals surface area contributed by atoms with Crippen molar-refractivity contribution in [3.63, 3.8) is 0 Å². The van der Waals surface area contributed by atoms with Gasteiger partial charge in [-0.2, -0.15) is 9.35 Å². The number of carboxylic acid groups (broad SMARTS) is 1. The molecular formula is C26H30Cl2N2O6S. The van der Waals surface area contributed by atoms with Crippen LogP contribution in [0, 0.1) is 11.3 Å². The highest BCUT2D eigenvalue weighted by Crippen LogP contribution is 2.54. The minimum atomic E-state index is -3.12. The van der Waals surface area contributed by atoms with Crippen molar-refractivity contribution in [1.82, 2.24) is 9.96 Å². The molecule has 1 heterocycles. The Morgan fingerprint density at radius 1 is 1.16 bits per heavy atom. The zero-order chi connectivity index (χ0) is 26.9. The topological polar surface area (TPSA) is 104 Å². The maximum absolute atomic E-state index is 14.3. The van der Waals surface area contributed by atoms with Gasteiger partial charge in [0.15, 0.2) is 0 Å². The summed E-state index contributed by atoms with van der Waals surface area (Å²) in [5, 5.41) is 12.1. The van der Waals surface area contributed by atoms with Crippen LogP contribution < -0.4 is 0 Å². The number of hydroxylamine groups is 2. The molecule has 2 aliphatic rings. The average Bonchev–Trinajstić information content (AvgIpc) is 3.64. The normalized spacial score (nSPS) is 25.0. The minimum Gasteiger partial charge on any atom is -0.481 e. The molecule has 0 radical (unpaired) electrons. The monoisotopic (exact) mass is 568 g/mol. The van der Waals surface area contributed by atoms with Gasteiger partial charge in [0.05, 0.1) is 23.9 Å². The van der Waals surface area contributed by atoms with E-state index >= 15 is 0 Å². The lowest BCUT2D eigenvalue weighted by Gasteiger charge is -2.52. The van der Waals surface area contributed by atoms with Crippen molar-refractivity contribution in [3.8, 4) is 0 Å². The fourth-order valence-corrected chi connectivity index (χ4v) is 6.22. The van der Waals surface area contributed by atoms with Crippen molar-refractivity contribution < 1.29 is 27.4 Å². The van der Waals surface area contributed by atoms with Crippen LogP contribution in [-0.2, 0) is 24.9 Å². The van der Waals surface area contributed by atoms with Gasteiger partial charge in [-0.25, -0.2) is 8.42 Å². The van der Waals surface area contributed by atoms with Gasteiger partial charge in [-0.3, -0.25) is 9.59 Å². The van der Waals surface area contributed by atoms with Crippen molar-refractivity contribution in [2.75, 3.05) is 13.6 Å². The van der Waals surface area contributed by atoms with E-state index in [2.05, 4.69) is 0 Å². The Bertz CT molecular complexity index is 1230. The maximum atomic E-state index is 14.3. The van der Waals surface area contributed by atoms with Crippen molar-refractivity contribution in [3.05, 3.63) is 69.7 Å². The molecule has 2 aromatic carbocycles. The quantitative estimate of drug-likeness (QED) is 0.316. The molecule has 0 aromatic heterocycles. The fourth-order valence-electron chi connectivity index (χ4n) is 5.60. The van der Waals surface area contributed by atoms with Gasteiger partial charge >= 0.3 is 5.97 Å². The number of likely N-dealkylation sites (tertiary alicyclic amines) is 1. The van der Waals surface area contributed by atoms with Crippen LogP contribution in [0.2, 0.25) is 10.0 Å². The Kier molecular flexibility index (Phi) is 8.50. The zero-order valence-corrected chi connectivity index (χ0v) is 23.0. The Balaban J connectivity index is 1.88. The highest BCUT2D eigenvalue weighted by molar-refractivity contribution is 7.67. The molecule has 1 aliphatic heterocycles. The van der Waals surface area contributed by atoms with Crippen LogP contribution in [-0.4, -0.2) is 55.0 Å².